The first kappa shape index (κ1) is 34.5. The van der Waals surface area contributed by atoms with Crippen LogP contribution in [0.4, 0.5) is 0 Å². The molecule has 2 heterocycles. The highest BCUT2D eigenvalue weighted by Gasteiger charge is 2.24. The molecule has 2 radical (unpaired) electrons. The lowest BCUT2D eigenvalue weighted by molar-refractivity contribution is 0.0395. The lowest BCUT2D eigenvalue weighted by Gasteiger charge is -2.17. The van der Waals surface area contributed by atoms with Crippen LogP contribution in [0, 0.1) is 17.8 Å². The van der Waals surface area contributed by atoms with Gasteiger partial charge < -0.3 is 13.9 Å². The molecule has 6 heteroatoms. The van der Waals surface area contributed by atoms with Gasteiger partial charge in [0.05, 0.1) is 0 Å². The third-order valence-electron chi connectivity index (χ3n) is 9.59. The summed E-state index contributed by atoms with van der Waals surface area (Å²) in [7, 11) is 0.450. The van der Waals surface area contributed by atoms with Gasteiger partial charge >= 0.3 is 9.76 Å². The second-order valence-corrected chi connectivity index (χ2v) is 15.0. The van der Waals surface area contributed by atoms with Crippen LogP contribution in [0.1, 0.15) is 124 Å². The molecule has 1 aliphatic carbocycles. The maximum Gasteiger partial charge on any atom is 0.310 e. The van der Waals surface area contributed by atoms with Crippen molar-refractivity contribution in [3.63, 3.8) is 0 Å². The molecule has 5 rings (SSSR count). The zero-order valence-corrected chi connectivity index (χ0v) is 29.6. The zero-order chi connectivity index (χ0) is 32.0. The van der Waals surface area contributed by atoms with E-state index in [1.807, 2.05) is 42.7 Å². The Balaban J connectivity index is 1.04. The molecule has 2 aromatic carbocycles. The van der Waals surface area contributed by atoms with E-state index in [1.54, 1.807) is 0 Å². The van der Waals surface area contributed by atoms with Crippen molar-refractivity contribution in [2.45, 2.75) is 136 Å². The minimum Gasteiger partial charge on any atom is -0.540 e. The van der Waals surface area contributed by atoms with Crippen LogP contribution in [0.3, 0.4) is 0 Å². The van der Waals surface area contributed by atoms with Gasteiger partial charge in [-0.2, -0.15) is 0 Å². The van der Waals surface area contributed by atoms with Gasteiger partial charge in [-0.3, -0.25) is 0 Å². The molecule has 46 heavy (non-hydrogen) atoms. The highest BCUT2D eigenvalue weighted by atomic mass is 28.2. The maximum absolute atomic E-state index is 6.30. The van der Waals surface area contributed by atoms with Crippen molar-refractivity contribution in [3.05, 3.63) is 54.9 Å². The lowest BCUT2D eigenvalue weighted by atomic mass is 9.92. The van der Waals surface area contributed by atoms with Crippen LogP contribution < -0.4 is 13.9 Å². The van der Waals surface area contributed by atoms with Gasteiger partial charge in [-0.15, -0.1) is 0 Å². The lowest BCUT2D eigenvalue weighted by Crippen LogP contribution is -2.17. The number of unbranched alkanes of at least 4 members (excludes halogenated alkanes) is 7. The summed E-state index contributed by atoms with van der Waals surface area (Å²) < 4.78 is 18.6. The molecular formula is C40H56N2O3Si. The summed E-state index contributed by atoms with van der Waals surface area (Å²) in [6.45, 7) is 7.07. The average molecular weight is 641 g/mol. The standard InChI is InChI=1S/C40H56N2O3Si/c1-4-5-15-30(2)26-31(3)24-25-46-45-36-18-14-13-17-35(36)34-28-41-40(42-29-34)33-22-23-37-38(27-33)44-39(43-37)19-12-10-8-6-7-9-11-16-32-20-21-32/h13-14,17-18,22-23,27-32,39H,4-12,15-16,19-21,24-26H2,1-3H3. The number of fused-ring (bicyclic) bond motifs is 1. The van der Waals surface area contributed by atoms with E-state index < -0.39 is 0 Å². The molecule has 1 saturated carbocycles. The average Bonchev–Trinajstić information content (AvgIpc) is 3.81. The number of para-hydroxylation sites is 1. The molecule has 1 fully saturated rings. The van der Waals surface area contributed by atoms with E-state index >= 15 is 0 Å². The van der Waals surface area contributed by atoms with Crippen LogP contribution in [0.2, 0.25) is 6.04 Å². The summed E-state index contributed by atoms with van der Waals surface area (Å²) in [5.74, 6) is 5.82. The van der Waals surface area contributed by atoms with Crippen molar-refractivity contribution < 1.29 is 13.9 Å². The summed E-state index contributed by atoms with van der Waals surface area (Å²) in [4.78, 5) is 9.45. The molecule has 0 saturated heterocycles. The molecule has 3 unspecified atom stereocenters. The minimum atomic E-state index is -0.193. The number of nitrogens with zero attached hydrogens (tertiary/aromatic N) is 2. The summed E-state index contributed by atoms with van der Waals surface area (Å²) >= 11 is 0. The fourth-order valence-corrected chi connectivity index (χ4v) is 7.66. The fraction of sp³-hybridized carbons (Fsp3) is 0.600. The quantitative estimate of drug-likeness (QED) is 0.0808. The first-order chi connectivity index (χ1) is 22.6. The third kappa shape index (κ3) is 11.1. The van der Waals surface area contributed by atoms with Crippen molar-refractivity contribution >= 4 is 9.76 Å². The fourth-order valence-electron chi connectivity index (χ4n) is 6.62. The molecule has 0 bridgehead atoms. The zero-order valence-electron chi connectivity index (χ0n) is 28.6. The molecule has 248 valence electrons. The van der Waals surface area contributed by atoms with E-state index in [1.165, 1.54) is 89.9 Å². The van der Waals surface area contributed by atoms with E-state index in [-0.39, 0.29) is 6.29 Å². The van der Waals surface area contributed by atoms with Gasteiger partial charge in [-0.05, 0) is 60.9 Å². The molecule has 1 aliphatic heterocycles. The maximum atomic E-state index is 6.30. The summed E-state index contributed by atoms with van der Waals surface area (Å²) in [6.07, 6.45) is 24.8. The highest BCUT2D eigenvalue weighted by Crippen LogP contribution is 2.39. The van der Waals surface area contributed by atoms with Crippen molar-refractivity contribution in [3.8, 4) is 39.8 Å². The van der Waals surface area contributed by atoms with Crippen LogP contribution >= 0.6 is 0 Å². The summed E-state index contributed by atoms with van der Waals surface area (Å²) in [6, 6.07) is 15.3. The van der Waals surface area contributed by atoms with Gasteiger partial charge in [0.15, 0.2) is 17.3 Å². The van der Waals surface area contributed by atoms with Crippen molar-refractivity contribution in [2.75, 3.05) is 0 Å². The highest BCUT2D eigenvalue weighted by molar-refractivity contribution is 6.28. The molecule has 5 nitrogen and oxygen atoms in total. The number of benzene rings is 2. The molecule has 0 N–H and O–H groups in total. The SMILES string of the molecule is CCCCC(C)CC(C)CC[Si]Oc1ccccc1-c1cnc(-c2ccc3c(c2)OC(CCCCCCCCCC2CC2)O3)nc1. The van der Waals surface area contributed by atoms with Crippen LogP contribution in [-0.4, -0.2) is 26.0 Å². The first-order valence-corrected chi connectivity index (χ1v) is 19.5. The van der Waals surface area contributed by atoms with Gasteiger partial charge in [0.2, 0.25) is 6.29 Å². The van der Waals surface area contributed by atoms with Gasteiger partial charge in [0.25, 0.3) is 0 Å². The normalized spacial score (nSPS) is 16.8. The Labute approximate surface area is 281 Å². The van der Waals surface area contributed by atoms with Gasteiger partial charge in [0.1, 0.15) is 5.75 Å². The van der Waals surface area contributed by atoms with Gasteiger partial charge in [0, 0.05) is 35.5 Å². The molecule has 3 atom stereocenters. The number of hydrogen-bond acceptors (Lipinski definition) is 5. The number of hydrogen-bond donors (Lipinski definition) is 0. The van der Waals surface area contributed by atoms with Crippen LogP contribution in [-0.2, 0) is 0 Å². The second-order valence-electron chi connectivity index (χ2n) is 14.0. The van der Waals surface area contributed by atoms with E-state index in [0.29, 0.717) is 15.6 Å². The van der Waals surface area contributed by atoms with Crippen molar-refractivity contribution in [1.29, 1.82) is 0 Å². The molecule has 1 aromatic heterocycles. The largest absolute Gasteiger partial charge is 0.540 e. The molecular weight excluding hydrogens is 585 g/mol. The van der Waals surface area contributed by atoms with E-state index in [0.717, 1.165) is 70.6 Å². The predicted octanol–water partition coefficient (Wildman–Crippen LogP) is 11.5. The Morgan fingerprint density at radius 3 is 2.24 bits per heavy atom. The molecule has 3 aromatic rings. The Bertz CT molecular complexity index is 1310. The van der Waals surface area contributed by atoms with Crippen LogP contribution in [0.15, 0.2) is 54.9 Å². The molecule has 0 amide bonds. The van der Waals surface area contributed by atoms with E-state index in [2.05, 4.69) is 32.9 Å². The minimum absolute atomic E-state index is 0.193. The Kier molecular flexibility index (Phi) is 13.8. The van der Waals surface area contributed by atoms with Crippen LogP contribution in [0.25, 0.3) is 22.5 Å². The Morgan fingerprint density at radius 2 is 1.48 bits per heavy atom. The number of aromatic nitrogens is 2. The Hall–Kier alpha value is -2.86. The summed E-state index contributed by atoms with van der Waals surface area (Å²) in [5.41, 5.74) is 2.92. The van der Waals surface area contributed by atoms with Gasteiger partial charge in [-0.1, -0.05) is 122 Å². The van der Waals surface area contributed by atoms with Crippen molar-refractivity contribution in [2.24, 2.45) is 17.8 Å². The monoisotopic (exact) mass is 640 g/mol. The predicted molar refractivity (Wildman–Crippen MR) is 191 cm³/mol. The smallest absolute Gasteiger partial charge is 0.310 e. The Morgan fingerprint density at radius 1 is 0.783 bits per heavy atom. The van der Waals surface area contributed by atoms with Crippen molar-refractivity contribution in [1.82, 2.24) is 9.97 Å². The third-order valence-corrected chi connectivity index (χ3v) is 10.5. The molecule has 0 spiro atoms. The molecule has 2 aliphatic rings. The second kappa shape index (κ2) is 18.5. The topological polar surface area (TPSA) is 53.5 Å². The number of rotatable bonds is 22. The van der Waals surface area contributed by atoms with E-state index in [9.17, 15) is 0 Å². The first-order valence-electron chi connectivity index (χ1n) is 18.4. The van der Waals surface area contributed by atoms with E-state index in [4.69, 9.17) is 23.9 Å². The summed E-state index contributed by atoms with van der Waals surface area (Å²) in [5, 5.41) is 0. The number of ether oxygens (including phenoxy) is 2. The van der Waals surface area contributed by atoms with Gasteiger partial charge in [-0.25, -0.2) is 9.97 Å². The van der Waals surface area contributed by atoms with Crippen LogP contribution in [0.5, 0.6) is 17.2 Å².